The van der Waals surface area contributed by atoms with Gasteiger partial charge in [-0.15, -0.1) is 22.7 Å². The smallest absolute Gasteiger partial charge is 0.0861 e. The van der Waals surface area contributed by atoms with E-state index in [0.717, 1.165) is 23.5 Å². The van der Waals surface area contributed by atoms with Crippen molar-refractivity contribution >= 4 is 71.0 Å². The number of anilines is 4. The maximum Gasteiger partial charge on any atom is 0.0861 e. The maximum atomic E-state index is 3.89. The lowest BCUT2D eigenvalue weighted by molar-refractivity contribution is 0.612. The van der Waals surface area contributed by atoms with E-state index in [1.165, 1.54) is 41.2 Å². The number of thiophene rings is 2. The maximum absolute atomic E-state index is 3.89. The Morgan fingerprint density at radius 3 is 1.88 bits per heavy atom. The van der Waals surface area contributed by atoms with Gasteiger partial charge in [-0.3, -0.25) is 0 Å². The second-order valence-corrected chi connectivity index (χ2v) is 12.9. The molecule has 0 amide bonds. The van der Waals surface area contributed by atoms with Crippen LogP contribution in [0.4, 0.5) is 22.7 Å². The average Bonchev–Trinajstić information content (AvgIpc) is 3.58. The van der Waals surface area contributed by atoms with Crippen molar-refractivity contribution in [3.8, 4) is 0 Å². The third kappa shape index (κ3) is 4.32. The Morgan fingerprint density at radius 2 is 1.21 bits per heavy atom. The Labute approximate surface area is 253 Å². The van der Waals surface area contributed by atoms with E-state index < -0.39 is 0 Å². The fraction of sp³-hybridized carbons (Fsp3) is 0.0526. The highest BCUT2D eigenvalue weighted by molar-refractivity contribution is 7.33. The highest BCUT2D eigenvalue weighted by Gasteiger charge is 2.35. The van der Waals surface area contributed by atoms with Crippen LogP contribution in [0.5, 0.6) is 0 Å². The normalized spacial score (nSPS) is 16.0. The quantitative estimate of drug-likeness (QED) is 0.212. The van der Waals surface area contributed by atoms with E-state index >= 15 is 0 Å². The van der Waals surface area contributed by atoms with Crippen molar-refractivity contribution in [2.45, 2.75) is 12.0 Å². The van der Waals surface area contributed by atoms with Gasteiger partial charge in [-0.25, -0.2) is 0 Å². The Balaban J connectivity index is 1.22. The third-order valence-electron chi connectivity index (χ3n) is 8.09. The molecule has 1 atom stereocenters. The van der Waals surface area contributed by atoms with Gasteiger partial charge in [0.1, 0.15) is 0 Å². The first-order chi connectivity index (χ1) is 20.8. The molecule has 42 heavy (non-hydrogen) atoms. The number of hydrogen-bond donors (Lipinski definition) is 1. The van der Waals surface area contributed by atoms with Crippen molar-refractivity contribution in [2.75, 3.05) is 10.2 Å². The zero-order valence-electron chi connectivity index (χ0n) is 22.9. The molecular weight excluding hydrogens is 549 g/mol. The molecule has 1 unspecified atom stereocenters. The highest BCUT2D eigenvalue weighted by atomic mass is 32.1. The molecule has 1 N–H and O–H groups in total. The minimum absolute atomic E-state index is 0.294. The van der Waals surface area contributed by atoms with E-state index in [9.17, 15) is 0 Å². The number of para-hydroxylation sites is 3. The van der Waals surface area contributed by atoms with Crippen LogP contribution in [0.3, 0.4) is 0 Å². The van der Waals surface area contributed by atoms with Crippen LogP contribution in [-0.2, 0) is 12.0 Å². The van der Waals surface area contributed by atoms with Crippen LogP contribution in [0.25, 0.3) is 25.6 Å². The zero-order chi connectivity index (χ0) is 27.9. The van der Waals surface area contributed by atoms with E-state index in [-0.39, 0.29) is 5.54 Å². The lowest BCUT2D eigenvalue weighted by atomic mass is 9.81. The summed E-state index contributed by atoms with van der Waals surface area (Å²) >= 11 is 3.87. The van der Waals surface area contributed by atoms with Crippen LogP contribution in [-0.4, -0.2) is 0 Å². The minimum atomic E-state index is -0.294. The molecular formula is C38H28N2S2. The molecule has 0 bridgehead atoms. The lowest BCUT2D eigenvalue weighted by Crippen LogP contribution is -2.37. The molecule has 7 aromatic rings. The van der Waals surface area contributed by atoms with Crippen LogP contribution in [0.1, 0.15) is 16.0 Å². The molecule has 0 aliphatic heterocycles. The van der Waals surface area contributed by atoms with Crippen molar-refractivity contribution in [2.24, 2.45) is 0 Å². The van der Waals surface area contributed by atoms with Crippen LogP contribution in [0.15, 0.2) is 146 Å². The largest absolute Gasteiger partial charge is 0.372 e. The Hall–Kier alpha value is -4.64. The SMILES string of the molecule is C1=CC(Nc2ccccc2)(c2ccccc2)Cc2sc3c(sc4cc(N(c5ccccc5)c5ccccc5)ccc43)c21. The van der Waals surface area contributed by atoms with Crippen LogP contribution < -0.4 is 10.2 Å². The van der Waals surface area contributed by atoms with Gasteiger partial charge < -0.3 is 10.2 Å². The summed E-state index contributed by atoms with van der Waals surface area (Å²) in [5.41, 5.74) is 6.98. The number of benzene rings is 5. The molecule has 0 radical (unpaired) electrons. The zero-order valence-corrected chi connectivity index (χ0v) is 24.5. The summed E-state index contributed by atoms with van der Waals surface area (Å²) in [6.45, 7) is 0. The molecule has 2 aromatic heterocycles. The monoisotopic (exact) mass is 576 g/mol. The highest BCUT2D eigenvalue weighted by Crippen LogP contribution is 2.49. The van der Waals surface area contributed by atoms with Gasteiger partial charge in [0.05, 0.1) is 14.9 Å². The molecule has 5 aromatic carbocycles. The standard InChI is InChI=1S/C38H28N2S2/c1-5-13-27(14-6-1)38(39-28-15-7-2-8-16-28)24-23-33-35(26-38)42-36-32-22-21-31(25-34(32)41-37(33)36)40(29-17-9-3-10-18-29)30-19-11-4-12-20-30/h1-25,39H,26H2. The summed E-state index contributed by atoms with van der Waals surface area (Å²) < 4.78 is 4.11. The van der Waals surface area contributed by atoms with Gasteiger partial charge in [-0.1, -0.05) is 103 Å². The number of nitrogens with zero attached hydrogens (tertiary/aromatic N) is 1. The minimum Gasteiger partial charge on any atom is -0.372 e. The van der Waals surface area contributed by atoms with Gasteiger partial charge in [-0.05, 0) is 54.1 Å². The molecule has 2 nitrogen and oxygen atoms in total. The summed E-state index contributed by atoms with van der Waals surface area (Å²) in [6.07, 6.45) is 5.66. The molecule has 0 fully saturated rings. The van der Waals surface area contributed by atoms with Crippen LogP contribution in [0, 0.1) is 0 Å². The first kappa shape index (κ1) is 25.1. The van der Waals surface area contributed by atoms with E-state index in [2.05, 4.69) is 162 Å². The van der Waals surface area contributed by atoms with Crippen molar-refractivity contribution in [3.05, 3.63) is 162 Å². The van der Waals surface area contributed by atoms with Crippen molar-refractivity contribution in [1.82, 2.24) is 0 Å². The summed E-state index contributed by atoms with van der Waals surface area (Å²) in [4.78, 5) is 3.78. The van der Waals surface area contributed by atoms with E-state index in [1.807, 2.05) is 22.7 Å². The topological polar surface area (TPSA) is 15.3 Å². The average molecular weight is 577 g/mol. The Bertz CT molecular complexity index is 1990. The van der Waals surface area contributed by atoms with Crippen molar-refractivity contribution in [3.63, 3.8) is 0 Å². The molecule has 0 spiro atoms. The van der Waals surface area contributed by atoms with Crippen molar-refractivity contribution < 1.29 is 0 Å². The first-order valence-corrected chi connectivity index (χ1v) is 15.9. The Kier molecular flexibility index (Phi) is 6.17. The molecule has 1 aliphatic rings. The molecule has 0 saturated heterocycles. The van der Waals surface area contributed by atoms with Crippen LogP contribution in [0.2, 0.25) is 0 Å². The summed E-state index contributed by atoms with van der Waals surface area (Å²) in [5.74, 6) is 0. The third-order valence-corrected chi connectivity index (χ3v) is 10.6. The van der Waals surface area contributed by atoms with Gasteiger partial charge in [0.2, 0.25) is 0 Å². The number of nitrogens with one attached hydrogen (secondary N) is 1. The van der Waals surface area contributed by atoms with Crippen molar-refractivity contribution in [1.29, 1.82) is 0 Å². The van der Waals surface area contributed by atoms with Gasteiger partial charge in [-0.2, -0.15) is 0 Å². The van der Waals surface area contributed by atoms with Gasteiger partial charge in [0.15, 0.2) is 0 Å². The number of hydrogen-bond acceptors (Lipinski definition) is 4. The molecule has 4 heteroatoms. The summed E-state index contributed by atoms with van der Waals surface area (Å²) in [6, 6.07) is 49.6. The van der Waals surface area contributed by atoms with E-state index in [1.54, 1.807) is 0 Å². The predicted molar refractivity (Wildman–Crippen MR) is 183 cm³/mol. The number of fused-ring (bicyclic) bond motifs is 5. The first-order valence-electron chi connectivity index (χ1n) is 14.2. The summed E-state index contributed by atoms with van der Waals surface area (Å²) in [5, 5.41) is 5.24. The fourth-order valence-corrected chi connectivity index (χ4v) is 8.97. The van der Waals surface area contributed by atoms with Gasteiger partial charge in [0.25, 0.3) is 0 Å². The molecule has 0 saturated carbocycles. The van der Waals surface area contributed by atoms with Crippen LogP contribution >= 0.6 is 22.7 Å². The van der Waals surface area contributed by atoms with Gasteiger partial charge >= 0.3 is 0 Å². The predicted octanol–water partition coefficient (Wildman–Crippen LogP) is 11.2. The van der Waals surface area contributed by atoms with E-state index in [0.29, 0.717) is 0 Å². The molecule has 1 aliphatic carbocycles. The summed E-state index contributed by atoms with van der Waals surface area (Å²) in [7, 11) is 0. The molecule has 8 rings (SSSR count). The molecule has 2 heterocycles. The van der Waals surface area contributed by atoms with Gasteiger partial charge in [0, 0.05) is 49.7 Å². The molecule has 202 valence electrons. The second kappa shape index (κ2) is 10.3. The Morgan fingerprint density at radius 1 is 0.595 bits per heavy atom. The lowest BCUT2D eigenvalue weighted by Gasteiger charge is -2.36. The number of rotatable bonds is 6. The van der Waals surface area contributed by atoms with E-state index in [4.69, 9.17) is 0 Å². The fourth-order valence-electron chi connectivity index (χ4n) is 6.09. The second-order valence-electron chi connectivity index (χ2n) is 10.7.